The van der Waals surface area contributed by atoms with Gasteiger partial charge in [-0.3, -0.25) is 4.79 Å². The van der Waals surface area contributed by atoms with Gasteiger partial charge in [0.25, 0.3) is 5.91 Å². The number of amides is 1. The van der Waals surface area contributed by atoms with Crippen LogP contribution in [0.2, 0.25) is 0 Å². The number of rotatable bonds is 3. The second kappa shape index (κ2) is 4.88. The fraction of sp³-hybridized carbons (Fsp3) is 0.583. The molecule has 0 bridgehead atoms. The summed E-state index contributed by atoms with van der Waals surface area (Å²) < 4.78 is 22.3. The number of carbonyl (C=O) groups is 1. The SMILES string of the molecule is CC1(C)CCC(NC(=O)c2csc(S(N)(=O)=O)c2)C1. The van der Waals surface area contributed by atoms with Crippen LogP contribution in [0, 0.1) is 5.41 Å². The van der Waals surface area contributed by atoms with Gasteiger partial charge in [0.15, 0.2) is 0 Å². The van der Waals surface area contributed by atoms with E-state index in [1.165, 1.54) is 11.4 Å². The number of sulfonamides is 1. The third-order valence-electron chi connectivity index (χ3n) is 3.42. The Morgan fingerprint density at radius 1 is 1.53 bits per heavy atom. The lowest BCUT2D eigenvalue weighted by molar-refractivity contribution is 0.0936. The molecule has 0 aliphatic heterocycles. The van der Waals surface area contributed by atoms with Crippen LogP contribution in [0.25, 0.3) is 0 Å². The standard InChI is InChI=1S/C12H18N2O3S2/c1-12(2)4-3-9(6-12)14-11(15)8-5-10(18-7-8)19(13,16)17/h5,7,9H,3-4,6H2,1-2H3,(H,14,15)(H2,13,16,17). The summed E-state index contributed by atoms with van der Waals surface area (Å²) in [6.07, 6.45) is 3.00. The van der Waals surface area contributed by atoms with Crippen LogP contribution in [0.5, 0.6) is 0 Å². The van der Waals surface area contributed by atoms with Crippen LogP contribution < -0.4 is 10.5 Å². The smallest absolute Gasteiger partial charge is 0.252 e. The Morgan fingerprint density at radius 2 is 2.21 bits per heavy atom. The molecule has 0 spiro atoms. The maximum Gasteiger partial charge on any atom is 0.252 e. The van der Waals surface area contributed by atoms with Crippen LogP contribution in [0.4, 0.5) is 0 Å². The average Bonchev–Trinajstić information content (AvgIpc) is 2.84. The Bertz CT molecular complexity index is 590. The van der Waals surface area contributed by atoms with E-state index in [0.29, 0.717) is 5.56 Å². The maximum absolute atomic E-state index is 12.0. The molecule has 0 radical (unpaired) electrons. The molecule has 1 atom stereocenters. The first-order chi connectivity index (χ1) is 8.67. The third kappa shape index (κ3) is 3.55. The van der Waals surface area contributed by atoms with Gasteiger partial charge in [0.05, 0.1) is 5.56 Å². The van der Waals surface area contributed by atoms with Crippen molar-refractivity contribution in [2.45, 2.75) is 43.4 Å². The fourth-order valence-electron chi connectivity index (χ4n) is 2.41. The summed E-state index contributed by atoms with van der Waals surface area (Å²) >= 11 is 0.969. The van der Waals surface area contributed by atoms with Crippen molar-refractivity contribution in [1.29, 1.82) is 0 Å². The lowest BCUT2D eigenvalue weighted by atomic mass is 9.92. The van der Waals surface area contributed by atoms with Crippen LogP contribution in [-0.4, -0.2) is 20.4 Å². The maximum atomic E-state index is 12.0. The predicted octanol–water partition coefficient (Wildman–Crippen LogP) is 1.70. The zero-order valence-corrected chi connectivity index (χ0v) is 12.6. The van der Waals surface area contributed by atoms with Crippen molar-refractivity contribution in [3.8, 4) is 0 Å². The zero-order valence-electron chi connectivity index (χ0n) is 11.0. The van der Waals surface area contributed by atoms with Crippen LogP contribution in [0.15, 0.2) is 15.7 Å². The van der Waals surface area contributed by atoms with Gasteiger partial charge in [0.1, 0.15) is 4.21 Å². The molecule has 0 aromatic carbocycles. The molecule has 5 nitrogen and oxygen atoms in total. The number of primary sulfonamides is 1. The van der Waals surface area contributed by atoms with E-state index < -0.39 is 10.0 Å². The summed E-state index contributed by atoms with van der Waals surface area (Å²) in [5.41, 5.74) is 0.622. The normalized spacial score (nSPS) is 22.4. The lowest BCUT2D eigenvalue weighted by Gasteiger charge is -2.17. The monoisotopic (exact) mass is 302 g/mol. The van der Waals surface area contributed by atoms with Crippen LogP contribution >= 0.6 is 11.3 Å². The number of hydrogen-bond donors (Lipinski definition) is 2. The molecule has 1 aromatic heterocycles. The van der Waals surface area contributed by atoms with Gasteiger partial charge in [0, 0.05) is 11.4 Å². The summed E-state index contributed by atoms with van der Waals surface area (Å²) in [7, 11) is -3.72. The van der Waals surface area contributed by atoms with Gasteiger partial charge in [-0.15, -0.1) is 11.3 Å². The van der Waals surface area contributed by atoms with Crippen molar-refractivity contribution >= 4 is 27.3 Å². The van der Waals surface area contributed by atoms with Gasteiger partial charge >= 0.3 is 0 Å². The average molecular weight is 302 g/mol. The van der Waals surface area contributed by atoms with E-state index in [1.807, 2.05) is 0 Å². The van der Waals surface area contributed by atoms with E-state index in [-0.39, 0.29) is 21.6 Å². The molecule has 1 aromatic rings. The summed E-state index contributed by atoms with van der Waals surface area (Å²) in [6.45, 7) is 4.37. The molecule has 3 N–H and O–H groups in total. The van der Waals surface area contributed by atoms with Gasteiger partial charge in [-0.25, -0.2) is 13.6 Å². The first-order valence-corrected chi connectivity index (χ1v) is 8.52. The molecule has 2 rings (SSSR count). The van der Waals surface area contributed by atoms with Gasteiger partial charge in [-0.1, -0.05) is 13.8 Å². The number of nitrogens with one attached hydrogen (secondary N) is 1. The lowest BCUT2D eigenvalue weighted by Crippen LogP contribution is -2.33. The number of nitrogens with two attached hydrogens (primary N) is 1. The van der Waals surface area contributed by atoms with E-state index in [1.54, 1.807) is 0 Å². The van der Waals surface area contributed by atoms with Gasteiger partial charge < -0.3 is 5.32 Å². The van der Waals surface area contributed by atoms with Crippen LogP contribution in [0.3, 0.4) is 0 Å². The molecule has 106 valence electrons. The Balaban J connectivity index is 2.03. The minimum absolute atomic E-state index is 0.0180. The Morgan fingerprint density at radius 3 is 2.68 bits per heavy atom. The molecule has 1 unspecified atom stereocenters. The highest BCUT2D eigenvalue weighted by molar-refractivity contribution is 7.91. The topological polar surface area (TPSA) is 89.3 Å². The third-order valence-corrected chi connectivity index (χ3v) is 5.81. The van der Waals surface area contributed by atoms with E-state index in [2.05, 4.69) is 19.2 Å². The summed E-state index contributed by atoms with van der Waals surface area (Å²) in [4.78, 5) is 12.0. The molecule has 1 amide bonds. The van der Waals surface area contributed by atoms with Crippen LogP contribution in [0.1, 0.15) is 43.5 Å². The fourth-order valence-corrected chi connectivity index (χ4v) is 4.00. The van der Waals surface area contributed by atoms with Crippen molar-refractivity contribution in [2.75, 3.05) is 0 Å². The van der Waals surface area contributed by atoms with E-state index in [9.17, 15) is 13.2 Å². The van der Waals surface area contributed by atoms with Crippen molar-refractivity contribution < 1.29 is 13.2 Å². The van der Waals surface area contributed by atoms with Crippen molar-refractivity contribution in [1.82, 2.24) is 5.32 Å². The number of thiophene rings is 1. The predicted molar refractivity (Wildman–Crippen MR) is 74.6 cm³/mol. The van der Waals surface area contributed by atoms with E-state index >= 15 is 0 Å². The first-order valence-electron chi connectivity index (χ1n) is 6.10. The highest BCUT2D eigenvalue weighted by atomic mass is 32.2. The quantitative estimate of drug-likeness (QED) is 0.890. The highest BCUT2D eigenvalue weighted by Crippen LogP contribution is 2.37. The van der Waals surface area contributed by atoms with E-state index in [0.717, 1.165) is 30.6 Å². The van der Waals surface area contributed by atoms with Crippen molar-refractivity contribution in [2.24, 2.45) is 10.6 Å². The van der Waals surface area contributed by atoms with Gasteiger partial charge in [-0.2, -0.15) is 0 Å². The Labute approximate surface area is 117 Å². The van der Waals surface area contributed by atoms with E-state index in [4.69, 9.17) is 5.14 Å². The molecule has 7 heteroatoms. The second-order valence-electron chi connectivity index (χ2n) is 5.78. The summed E-state index contributed by atoms with van der Waals surface area (Å²) in [6, 6.07) is 1.50. The minimum atomic E-state index is -3.72. The van der Waals surface area contributed by atoms with Gasteiger partial charge in [-0.05, 0) is 30.7 Å². The molecular weight excluding hydrogens is 284 g/mol. The van der Waals surface area contributed by atoms with Crippen molar-refractivity contribution in [3.63, 3.8) is 0 Å². The zero-order chi connectivity index (χ0) is 14.3. The van der Waals surface area contributed by atoms with Crippen molar-refractivity contribution in [3.05, 3.63) is 17.0 Å². The first kappa shape index (κ1) is 14.5. The number of carbonyl (C=O) groups excluding carboxylic acids is 1. The molecule has 0 saturated heterocycles. The molecular formula is C12H18N2O3S2. The minimum Gasteiger partial charge on any atom is -0.349 e. The van der Waals surface area contributed by atoms with Crippen LogP contribution in [-0.2, 0) is 10.0 Å². The molecule has 1 aliphatic carbocycles. The Kier molecular flexibility index (Phi) is 3.72. The number of hydrogen-bond acceptors (Lipinski definition) is 4. The summed E-state index contributed by atoms with van der Waals surface area (Å²) in [5, 5.41) is 9.49. The molecule has 1 saturated carbocycles. The molecule has 1 aliphatic rings. The molecule has 1 fully saturated rings. The second-order valence-corrected chi connectivity index (χ2v) is 8.48. The largest absolute Gasteiger partial charge is 0.349 e. The highest BCUT2D eigenvalue weighted by Gasteiger charge is 2.32. The molecule has 19 heavy (non-hydrogen) atoms. The van der Waals surface area contributed by atoms with Gasteiger partial charge in [0.2, 0.25) is 10.0 Å². The summed E-state index contributed by atoms with van der Waals surface area (Å²) in [5.74, 6) is -0.228. The molecule has 1 heterocycles. The Hall–Kier alpha value is -0.920.